The summed E-state index contributed by atoms with van der Waals surface area (Å²) < 4.78 is 24.4. The number of hydrogen-bond donors (Lipinski definition) is 2. The molecule has 2 N–H and O–H groups in total. The summed E-state index contributed by atoms with van der Waals surface area (Å²) in [6, 6.07) is 6.06. The molecule has 0 spiro atoms. The molecule has 0 unspecified atom stereocenters. The highest BCUT2D eigenvalue weighted by molar-refractivity contribution is 7.99. The molecule has 2 rings (SSSR count). The van der Waals surface area contributed by atoms with Gasteiger partial charge in [-0.1, -0.05) is 18.2 Å². The number of hydrogen-bond acceptors (Lipinski definition) is 3. The lowest BCUT2D eigenvalue weighted by atomic mass is 9.95. The lowest BCUT2D eigenvalue weighted by Crippen LogP contribution is -2.29. The number of carboxylic acids is 1. The first-order valence-corrected chi connectivity index (χ1v) is 7.44. The molecule has 1 aromatic carbocycles. The smallest absolute Gasteiger partial charge is 0.307 e. The van der Waals surface area contributed by atoms with Crippen LogP contribution >= 0.6 is 11.8 Å². The third-order valence-corrected chi connectivity index (χ3v) is 4.24. The number of carboxylic acid groups (broad SMARTS) is 1. The molecule has 7 heteroatoms. The molecule has 0 bridgehead atoms. The van der Waals surface area contributed by atoms with Gasteiger partial charge in [0.05, 0.1) is 11.8 Å². The Labute approximate surface area is 124 Å². The SMILES string of the molecule is O=C(O)[C@H]1CCC[C@H]1C(=O)Nc1ccc(SC(F)F)cc1. The van der Waals surface area contributed by atoms with E-state index in [1.54, 1.807) is 0 Å². The van der Waals surface area contributed by atoms with Crippen LogP contribution in [0.4, 0.5) is 14.5 Å². The summed E-state index contributed by atoms with van der Waals surface area (Å²) in [5.41, 5.74) is 0.481. The van der Waals surface area contributed by atoms with E-state index >= 15 is 0 Å². The van der Waals surface area contributed by atoms with Crippen LogP contribution in [0.5, 0.6) is 0 Å². The Balaban J connectivity index is 1.97. The van der Waals surface area contributed by atoms with Gasteiger partial charge < -0.3 is 10.4 Å². The van der Waals surface area contributed by atoms with E-state index in [1.807, 2.05) is 0 Å². The van der Waals surface area contributed by atoms with Crippen LogP contribution in [0.2, 0.25) is 0 Å². The van der Waals surface area contributed by atoms with Crippen LogP contribution in [0.25, 0.3) is 0 Å². The number of benzene rings is 1. The second-order valence-electron chi connectivity index (χ2n) is 4.87. The number of nitrogens with one attached hydrogen (secondary N) is 1. The van der Waals surface area contributed by atoms with Crippen molar-refractivity contribution < 1.29 is 23.5 Å². The number of amides is 1. The zero-order chi connectivity index (χ0) is 15.4. The maximum Gasteiger partial charge on any atom is 0.307 e. The second-order valence-corrected chi connectivity index (χ2v) is 5.94. The predicted octanol–water partition coefficient (Wildman–Crippen LogP) is 3.44. The Morgan fingerprint density at radius 3 is 2.38 bits per heavy atom. The van der Waals surface area contributed by atoms with Gasteiger partial charge in [0.1, 0.15) is 0 Å². The van der Waals surface area contributed by atoms with Crippen molar-refractivity contribution in [2.24, 2.45) is 11.8 Å². The highest BCUT2D eigenvalue weighted by Gasteiger charge is 2.37. The first-order valence-electron chi connectivity index (χ1n) is 6.56. The van der Waals surface area contributed by atoms with Crippen LogP contribution in [0, 0.1) is 11.8 Å². The maximum absolute atomic E-state index is 12.2. The van der Waals surface area contributed by atoms with E-state index in [0.717, 1.165) is 6.42 Å². The topological polar surface area (TPSA) is 66.4 Å². The van der Waals surface area contributed by atoms with E-state index in [4.69, 9.17) is 5.11 Å². The molecule has 1 aliphatic rings. The molecule has 1 amide bonds. The lowest BCUT2D eigenvalue weighted by molar-refractivity contribution is -0.145. The minimum Gasteiger partial charge on any atom is -0.481 e. The number of carbonyl (C=O) groups is 2. The van der Waals surface area contributed by atoms with Gasteiger partial charge in [0.25, 0.3) is 5.76 Å². The molecule has 1 aromatic rings. The molecule has 0 radical (unpaired) electrons. The fourth-order valence-electron chi connectivity index (χ4n) is 2.52. The number of halogens is 2. The molecule has 1 fully saturated rings. The largest absolute Gasteiger partial charge is 0.481 e. The Bertz CT molecular complexity index is 521. The third-order valence-electron chi connectivity index (χ3n) is 3.52. The van der Waals surface area contributed by atoms with Crippen LogP contribution in [0.15, 0.2) is 29.2 Å². The standard InChI is InChI=1S/C14H15F2NO3S/c15-14(16)21-9-6-4-8(5-7-9)17-12(18)10-2-1-3-11(10)13(19)20/h4-7,10-11,14H,1-3H2,(H,17,18)(H,19,20)/t10-,11+/m1/s1. The van der Waals surface area contributed by atoms with Crippen LogP contribution in [0.3, 0.4) is 0 Å². The van der Waals surface area contributed by atoms with Gasteiger partial charge in [-0.3, -0.25) is 9.59 Å². The highest BCUT2D eigenvalue weighted by Crippen LogP contribution is 2.33. The van der Waals surface area contributed by atoms with E-state index in [1.165, 1.54) is 24.3 Å². The van der Waals surface area contributed by atoms with Crippen molar-refractivity contribution in [3.63, 3.8) is 0 Å². The van der Waals surface area contributed by atoms with Gasteiger partial charge in [0.15, 0.2) is 0 Å². The highest BCUT2D eigenvalue weighted by atomic mass is 32.2. The summed E-state index contributed by atoms with van der Waals surface area (Å²) in [5.74, 6) is -4.93. The van der Waals surface area contributed by atoms with Gasteiger partial charge in [-0.05, 0) is 37.1 Å². The number of anilines is 1. The zero-order valence-corrected chi connectivity index (χ0v) is 11.9. The van der Waals surface area contributed by atoms with Crippen molar-refractivity contribution in [3.8, 4) is 0 Å². The molecular formula is C14H15F2NO3S. The molecule has 2 atom stereocenters. The zero-order valence-electron chi connectivity index (χ0n) is 11.1. The average molecular weight is 315 g/mol. The molecule has 1 saturated carbocycles. The minimum atomic E-state index is -2.49. The molecule has 0 aliphatic heterocycles. The van der Waals surface area contributed by atoms with Gasteiger partial charge in [-0.15, -0.1) is 0 Å². The Morgan fingerprint density at radius 2 is 1.81 bits per heavy atom. The average Bonchev–Trinajstić information content (AvgIpc) is 2.90. The number of aliphatic carboxylic acids is 1. The van der Waals surface area contributed by atoms with E-state index in [-0.39, 0.29) is 5.91 Å². The molecule has 21 heavy (non-hydrogen) atoms. The molecular weight excluding hydrogens is 300 g/mol. The lowest BCUT2D eigenvalue weighted by Gasteiger charge is -2.15. The molecule has 4 nitrogen and oxygen atoms in total. The summed E-state index contributed by atoms with van der Waals surface area (Å²) in [6.07, 6.45) is 1.79. The molecule has 114 valence electrons. The quantitative estimate of drug-likeness (QED) is 0.817. The first kappa shape index (κ1) is 15.8. The molecule has 1 aliphatic carbocycles. The van der Waals surface area contributed by atoms with Gasteiger partial charge in [-0.25, -0.2) is 0 Å². The van der Waals surface area contributed by atoms with E-state index in [9.17, 15) is 18.4 Å². The first-order chi connectivity index (χ1) is 9.97. The van der Waals surface area contributed by atoms with E-state index < -0.39 is 23.6 Å². The number of thioether (sulfide) groups is 1. The Morgan fingerprint density at radius 1 is 1.19 bits per heavy atom. The Hall–Kier alpha value is -1.63. The fourth-order valence-corrected chi connectivity index (χ4v) is 3.02. The third kappa shape index (κ3) is 4.17. The summed E-state index contributed by atoms with van der Waals surface area (Å²) in [5, 5.41) is 11.7. The minimum absolute atomic E-state index is 0.325. The predicted molar refractivity (Wildman–Crippen MR) is 75.4 cm³/mol. The summed E-state index contributed by atoms with van der Waals surface area (Å²) >= 11 is 0.432. The summed E-state index contributed by atoms with van der Waals surface area (Å²) in [4.78, 5) is 23.6. The van der Waals surface area contributed by atoms with Gasteiger partial charge in [0, 0.05) is 10.6 Å². The summed E-state index contributed by atoms with van der Waals surface area (Å²) in [6.45, 7) is 0. The van der Waals surface area contributed by atoms with E-state index in [0.29, 0.717) is 35.2 Å². The van der Waals surface area contributed by atoms with Gasteiger partial charge in [0.2, 0.25) is 5.91 Å². The molecule has 0 aromatic heterocycles. The fraction of sp³-hybridized carbons (Fsp3) is 0.429. The summed E-state index contributed by atoms with van der Waals surface area (Å²) in [7, 11) is 0. The van der Waals surface area contributed by atoms with Gasteiger partial charge >= 0.3 is 5.97 Å². The van der Waals surface area contributed by atoms with Crippen LogP contribution in [0.1, 0.15) is 19.3 Å². The Kier molecular flexibility index (Phi) is 5.17. The van der Waals surface area contributed by atoms with Crippen LogP contribution in [-0.4, -0.2) is 22.7 Å². The van der Waals surface area contributed by atoms with Gasteiger partial charge in [-0.2, -0.15) is 8.78 Å². The monoisotopic (exact) mass is 315 g/mol. The van der Waals surface area contributed by atoms with Crippen molar-refractivity contribution in [3.05, 3.63) is 24.3 Å². The number of carbonyl (C=O) groups excluding carboxylic acids is 1. The van der Waals surface area contributed by atoms with E-state index in [2.05, 4.69) is 5.32 Å². The van der Waals surface area contributed by atoms with Crippen LogP contribution < -0.4 is 5.32 Å². The normalized spacial score (nSPS) is 21.5. The van der Waals surface area contributed by atoms with Crippen molar-refractivity contribution in [1.82, 2.24) is 0 Å². The maximum atomic E-state index is 12.2. The second kappa shape index (κ2) is 6.89. The van der Waals surface area contributed by atoms with Crippen LogP contribution in [-0.2, 0) is 9.59 Å². The molecule has 0 saturated heterocycles. The van der Waals surface area contributed by atoms with Crippen molar-refractivity contribution in [2.75, 3.05) is 5.32 Å². The van der Waals surface area contributed by atoms with Crippen molar-refractivity contribution in [1.29, 1.82) is 0 Å². The number of rotatable bonds is 5. The molecule has 0 heterocycles. The van der Waals surface area contributed by atoms with Crippen molar-refractivity contribution in [2.45, 2.75) is 29.9 Å². The van der Waals surface area contributed by atoms with Crippen molar-refractivity contribution >= 4 is 29.3 Å². The number of alkyl halides is 2.